The van der Waals surface area contributed by atoms with Crippen LogP contribution in [0.4, 0.5) is 5.82 Å². The second-order valence-electron chi connectivity index (χ2n) is 5.12. The SMILES string of the molecule is CCCNc1ccc(Cl)c(CSC2CCCCC2)n1. The van der Waals surface area contributed by atoms with Crippen LogP contribution in [0.3, 0.4) is 0 Å². The van der Waals surface area contributed by atoms with Crippen LogP contribution < -0.4 is 5.32 Å². The van der Waals surface area contributed by atoms with Crippen molar-refractivity contribution in [2.75, 3.05) is 11.9 Å². The minimum atomic E-state index is 0.797. The van der Waals surface area contributed by atoms with Gasteiger partial charge in [-0.05, 0) is 31.4 Å². The average Bonchev–Trinajstić information content (AvgIpc) is 2.46. The largest absolute Gasteiger partial charge is 0.370 e. The predicted molar refractivity (Wildman–Crippen MR) is 86.2 cm³/mol. The summed E-state index contributed by atoms with van der Waals surface area (Å²) in [6.45, 7) is 3.12. The lowest BCUT2D eigenvalue weighted by Gasteiger charge is -2.21. The van der Waals surface area contributed by atoms with E-state index >= 15 is 0 Å². The second kappa shape index (κ2) is 8.01. The lowest BCUT2D eigenvalue weighted by atomic mass is 10.0. The Labute approximate surface area is 125 Å². The summed E-state index contributed by atoms with van der Waals surface area (Å²) in [6.07, 6.45) is 8.00. The molecule has 2 nitrogen and oxygen atoms in total. The number of hydrogen-bond donors (Lipinski definition) is 1. The van der Waals surface area contributed by atoms with Gasteiger partial charge in [0.05, 0.1) is 10.7 Å². The molecule has 1 N–H and O–H groups in total. The quantitative estimate of drug-likeness (QED) is 0.789. The van der Waals surface area contributed by atoms with Crippen molar-refractivity contribution in [2.24, 2.45) is 0 Å². The molecule has 0 amide bonds. The molecule has 0 radical (unpaired) electrons. The third kappa shape index (κ3) is 4.88. The van der Waals surface area contributed by atoms with Crippen LogP contribution in [0, 0.1) is 0 Å². The highest BCUT2D eigenvalue weighted by Crippen LogP contribution is 2.31. The Morgan fingerprint density at radius 2 is 2.11 bits per heavy atom. The molecule has 0 bridgehead atoms. The maximum Gasteiger partial charge on any atom is 0.126 e. The average molecular weight is 299 g/mol. The molecule has 0 saturated heterocycles. The van der Waals surface area contributed by atoms with E-state index in [1.165, 1.54) is 32.1 Å². The molecule has 4 heteroatoms. The number of thioether (sulfide) groups is 1. The van der Waals surface area contributed by atoms with E-state index in [9.17, 15) is 0 Å². The van der Waals surface area contributed by atoms with E-state index in [2.05, 4.69) is 17.2 Å². The van der Waals surface area contributed by atoms with E-state index in [1.54, 1.807) is 0 Å². The van der Waals surface area contributed by atoms with Gasteiger partial charge in [-0.3, -0.25) is 0 Å². The Morgan fingerprint density at radius 3 is 2.84 bits per heavy atom. The summed E-state index contributed by atoms with van der Waals surface area (Å²) in [7, 11) is 0. The van der Waals surface area contributed by atoms with Crippen molar-refractivity contribution in [3.8, 4) is 0 Å². The van der Waals surface area contributed by atoms with E-state index < -0.39 is 0 Å². The van der Waals surface area contributed by atoms with Crippen LogP contribution in [-0.4, -0.2) is 16.8 Å². The minimum absolute atomic E-state index is 0.797. The van der Waals surface area contributed by atoms with Gasteiger partial charge in [-0.15, -0.1) is 0 Å². The molecule has 0 atom stereocenters. The fraction of sp³-hybridized carbons (Fsp3) is 0.667. The predicted octanol–water partition coefficient (Wildman–Crippen LogP) is 5.12. The Bertz CT molecular complexity index is 392. The highest BCUT2D eigenvalue weighted by atomic mass is 35.5. The molecule has 1 aromatic heterocycles. The monoisotopic (exact) mass is 298 g/mol. The molecule has 19 heavy (non-hydrogen) atoms. The van der Waals surface area contributed by atoms with Crippen molar-refractivity contribution in [3.63, 3.8) is 0 Å². The van der Waals surface area contributed by atoms with Gasteiger partial charge in [-0.2, -0.15) is 11.8 Å². The summed E-state index contributed by atoms with van der Waals surface area (Å²) < 4.78 is 0. The molecule has 0 unspecified atom stereocenters. The van der Waals surface area contributed by atoms with Gasteiger partial charge in [0.1, 0.15) is 5.82 Å². The van der Waals surface area contributed by atoms with Crippen LogP contribution >= 0.6 is 23.4 Å². The van der Waals surface area contributed by atoms with E-state index in [-0.39, 0.29) is 0 Å². The third-order valence-electron chi connectivity index (χ3n) is 3.48. The molecular formula is C15H23ClN2S. The summed E-state index contributed by atoms with van der Waals surface area (Å²) in [5.41, 5.74) is 1.03. The zero-order valence-electron chi connectivity index (χ0n) is 11.6. The van der Waals surface area contributed by atoms with Crippen LogP contribution in [-0.2, 0) is 5.75 Å². The molecule has 0 aromatic carbocycles. The number of rotatable bonds is 6. The minimum Gasteiger partial charge on any atom is -0.370 e. The molecule has 106 valence electrons. The Balaban J connectivity index is 1.90. The van der Waals surface area contributed by atoms with Crippen molar-refractivity contribution in [1.82, 2.24) is 4.98 Å². The van der Waals surface area contributed by atoms with Crippen LogP contribution in [0.2, 0.25) is 5.02 Å². The molecule has 1 aliphatic rings. The van der Waals surface area contributed by atoms with Crippen LogP contribution in [0.5, 0.6) is 0 Å². The van der Waals surface area contributed by atoms with Crippen molar-refractivity contribution >= 4 is 29.2 Å². The van der Waals surface area contributed by atoms with Gasteiger partial charge in [-0.1, -0.05) is 37.8 Å². The van der Waals surface area contributed by atoms with Crippen LogP contribution in [0.15, 0.2) is 12.1 Å². The zero-order valence-corrected chi connectivity index (χ0v) is 13.2. The van der Waals surface area contributed by atoms with Crippen LogP contribution in [0.25, 0.3) is 0 Å². The molecule has 1 heterocycles. The number of hydrogen-bond acceptors (Lipinski definition) is 3. The first kappa shape index (κ1) is 15.0. The molecule has 0 spiro atoms. The molecule has 2 rings (SSSR count). The second-order valence-corrected chi connectivity index (χ2v) is 6.82. The van der Waals surface area contributed by atoms with Crippen molar-refractivity contribution in [2.45, 2.75) is 56.5 Å². The highest BCUT2D eigenvalue weighted by Gasteiger charge is 2.15. The maximum absolute atomic E-state index is 6.24. The van der Waals surface area contributed by atoms with Crippen molar-refractivity contribution in [1.29, 1.82) is 0 Å². The summed E-state index contributed by atoms with van der Waals surface area (Å²) in [5, 5.41) is 4.92. The van der Waals surface area contributed by atoms with Gasteiger partial charge in [0.15, 0.2) is 0 Å². The number of aromatic nitrogens is 1. The van der Waals surface area contributed by atoms with Gasteiger partial charge in [0.2, 0.25) is 0 Å². The Hall–Kier alpha value is -0.410. The highest BCUT2D eigenvalue weighted by molar-refractivity contribution is 7.99. The van der Waals surface area contributed by atoms with Crippen LogP contribution in [0.1, 0.15) is 51.1 Å². The summed E-state index contributed by atoms with van der Waals surface area (Å²) in [4.78, 5) is 4.63. The topological polar surface area (TPSA) is 24.9 Å². The van der Waals surface area contributed by atoms with Crippen molar-refractivity contribution < 1.29 is 0 Å². The summed E-state index contributed by atoms with van der Waals surface area (Å²) in [5.74, 6) is 1.89. The van der Waals surface area contributed by atoms with E-state index in [0.717, 1.165) is 40.5 Å². The Morgan fingerprint density at radius 1 is 1.32 bits per heavy atom. The van der Waals surface area contributed by atoms with E-state index in [4.69, 9.17) is 11.6 Å². The summed E-state index contributed by atoms with van der Waals surface area (Å²) in [6, 6.07) is 3.93. The maximum atomic E-state index is 6.24. The number of pyridine rings is 1. The fourth-order valence-corrected chi connectivity index (χ4v) is 3.90. The van der Waals surface area contributed by atoms with Gasteiger partial charge in [0.25, 0.3) is 0 Å². The molecule has 1 aliphatic carbocycles. The van der Waals surface area contributed by atoms with Gasteiger partial charge in [0, 0.05) is 17.5 Å². The fourth-order valence-electron chi connectivity index (χ4n) is 2.37. The lowest BCUT2D eigenvalue weighted by Crippen LogP contribution is -2.09. The molecular weight excluding hydrogens is 276 g/mol. The van der Waals surface area contributed by atoms with Gasteiger partial charge < -0.3 is 5.32 Å². The normalized spacial score (nSPS) is 16.5. The Kier molecular flexibility index (Phi) is 6.32. The first-order chi connectivity index (χ1) is 9.29. The number of nitrogens with zero attached hydrogens (tertiary/aromatic N) is 1. The standard InChI is InChI=1S/C15H23ClN2S/c1-2-10-17-15-9-8-13(16)14(18-15)11-19-12-6-4-3-5-7-12/h8-9,12H,2-7,10-11H2,1H3,(H,17,18). The molecule has 1 saturated carbocycles. The van der Waals surface area contributed by atoms with Gasteiger partial charge in [-0.25, -0.2) is 4.98 Å². The first-order valence-corrected chi connectivity index (χ1v) is 8.73. The third-order valence-corrected chi connectivity index (χ3v) is 5.21. The zero-order chi connectivity index (χ0) is 13.5. The molecule has 1 fully saturated rings. The smallest absolute Gasteiger partial charge is 0.126 e. The molecule has 0 aliphatic heterocycles. The number of anilines is 1. The first-order valence-electron chi connectivity index (χ1n) is 7.30. The number of halogens is 1. The summed E-state index contributed by atoms with van der Waals surface area (Å²) >= 11 is 8.27. The van der Waals surface area contributed by atoms with Crippen molar-refractivity contribution in [3.05, 3.63) is 22.8 Å². The van der Waals surface area contributed by atoms with E-state index in [0.29, 0.717) is 0 Å². The lowest BCUT2D eigenvalue weighted by molar-refractivity contribution is 0.516. The number of nitrogens with one attached hydrogen (secondary N) is 1. The molecule has 1 aromatic rings. The van der Waals surface area contributed by atoms with E-state index in [1.807, 2.05) is 23.9 Å². The van der Waals surface area contributed by atoms with Gasteiger partial charge >= 0.3 is 0 Å².